The average Bonchev–Trinajstić information content (AvgIpc) is 3.22. The zero-order valence-corrected chi connectivity index (χ0v) is 14.6. The monoisotopic (exact) mass is 372 g/mol. The molecular weight excluding hydrogens is 356 g/mol. The molecule has 3 aromatic heterocycles. The minimum Gasteiger partial charge on any atom is -0.411 e. The topological polar surface area (TPSA) is 120 Å². The molecule has 3 heterocycles. The van der Waals surface area contributed by atoms with Gasteiger partial charge in [-0.1, -0.05) is 16.9 Å². The van der Waals surface area contributed by atoms with Crippen molar-refractivity contribution >= 4 is 17.7 Å². The average molecular weight is 372 g/mol. The number of aromatic nitrogens is 5. The summed E-state index contributed by atoms with van der Waals surface area (Å²) in [5.74, 6) is 2.46. The highest BCUT2D eigenvalue weighted by atomic mass is 32.2. The number of nitrogens with one attached hydrogen (secondary N) is 1. The Morgan fingerprint density at radius 2 is 2.12 bits per heavy atom. The summed E-state index contributed by atoms with van der Waals surface area (Å²) in [5, 5.41) is 15.0. The van der Waals surface area contributed by atoms with Crippen LogP contribution in [-0.4, -0.2) is 37.0 Å². The Bertz CT molecular complexity index is 877. The smallest absolute Gasteiger partial charge is 0.276 e. The van der Waals surface area contributed by atoms with Gasteiger partial charge in [0.15, 0.2) is 5.82 Å². The lowest BCUT2D eigenvalue weighted by atomic mass is 10.3. The number of hydrogen-bond acceptors (Lipinski definition) is 9. The van der Waals surface area contributed by atoms with E-state index in [1.807, 2.05) is 0 Å². The van der Waals surface area contributed by atoms with E-state index in [0.29, 0.717) is 40.9 Å². The second-order valence-corrected chi connectivity index (χ2v) is 6.85. The Kier molecular flexibility index (Phi) is 4.91. The lowest BCUT2D eigenvalue weighted by Crippen LogP contribution is -2.23. The van der Waals surface area contributed by atoms with Crippen LogP contribution in [0.25, 0.3) is 11.5 Å². The summed E-state index contributed by atoms with van der Waals surface area (Å²) < 4.78 is 10.7. The summed E-state index contributed by atoms with van der Waals surface area (Å²) in [6.07, 6.45) is 5.85. The number of amides is 1. The first-order valence-electron chi connectivity index (χ1n) is 8.24. The maximum Gasteiger partial charge on any atom is 0.276 e. The van der Waals surface area contributed by atoms with Gasteiger partial charge in [-0.05, 0) is 25.0 Å². The maximum atomic E-state index is 11.9. The predicted molar refractivity (Wildman–Crippen MR) is 91.0 cm³/mol. The summed E-state index contributed by atoms with van der Waals surface area (Å²) in [5.41, 5.74) is 0.808. The zero-order valence-electron chi connectivity index (χ0n) is 13.8. The van der Waals surface area contributed by atoms with Crippen LogP contribution in [0.3, 0.4) is 0 Å². The number of carbonyl (C=O) groups is 1. The molecule has 0 atom stereocenters. The third-order valence-corrected chi connectivity index (χ3v) is 4.56. The molecule has 134 valence electrons. The van der Waals surface area contributed by atoms with E-state index in [1.54, 1.807) is 24.5 Å². The Hall–Kier alpha value is -2.75. The molecule has 0 unspecified atom stereocenters. The van der Waals surface area contributed by atoms with Crippen LogP contribution in [0.15, 0.2) is 38.7 Å². The molecule has 3 aromatic rings. The fourth-order valence-electron chi connectivity index (χ4n) is 2.21. The maximum absolute atomic E-state index is 11.9. The van der Waals surface area contributed by atoms with Crippen molar-refractivity contribution in [2.75, 3.05) is 5.75 Å². The van der Waals surface area contributed by atoms with Crippen molar-refractivity contribution in [3.05, 3.63) is 36.2 Å². The van der Waals surface area contributed by atoms with E-state index in [-0.39, 0.29) is 12.5 Å². The molecular formula is C16H16N6O3S. The molecule has 0 bridgehead atoms. The van der Waals surface area contributed by atoms with Gasteiger partial charge in [-0.15, -0.1) is 10.2 Å². The predicted octanol–water partition coefficient (Wildman–Crippen LogP) is 2.19. The molecule has 1 aliphatic rings. The first kappa shape index (κ1) is 16.7. The van der Waals surface area contributed by atoms with Gasteiger partial charge < -0.3 is 14.3 Å². The van der Waals surface area contributed by atoms with Gasteiger partial charge in [0.1, 0.15) is 0 Å². The number of pyridine rings is 1. The molecule has 4 rings (SSSR count). The lowest BCUT2D eigenvalue weighted by Gasteiger charge is -2.00. The van der Waals surface area contributed by atoms with Gasteiger partial charge in [0.05, 0.1) is 6.54 Å². The van der Waals surface area contributed by atoms with Crippen molar-refractivity contribution in [2.24, 2.45) is 0 Å². The molecule has 9 nitrogen and oxygen atoms in total. The molecule has 0 aromatic carbocycles. The van der Waals surface area contributed by atoms with Crippen LogP contribution in [0.1, 0.15) is 36.9 Å². The summed E-state index contributed by atoms with van der Waals surface area (Å²) in [7, 11) is 0. The molecule has 1 saturated carbocycles. The van der Waals surface area contributed by atoms with Crippen molar-refractivity contribution in [2.45, 2.75) is 36.9 Å². The van der Waals surface area contributed by atoms with Crippen LogP contribution >= 0.6 is 11.8 Å². The standard InChI is InChI=1S/C16H16N6O3S/c23-13(18-9-12-19-14(25-22-12)10-1-2-10)5-8-26-16-21-20-15(24-16)11-3-6-17-7-4-11/h3-4,6-7,10H,1-2,5,8-9H2,(H,18,23). The van der Waals surface area contributed by atoms with Gasteiger partial charge in [0.2, 0.25) is 17.7 Å². The molecule has 0 spiro atoms. The molecule has 26 heavy (non-hydrogen) atoms. The lowest BCUT2D eigenvalue weighted by molar-refractivity contribution is -0.120. The summed E-state index contributed by atoms with van der Waals surface area (Å²) in [4.78, 5) is 20.1. The minimum absolute atomic E-state index is 0.0934. The van der Waals surface area contributed by atoms with E-state index in [1.165, 1.54) is 11.8 Å². The fourth-order valence-corrected chi connectivity index (χ4v) is 2.91. The van der Waals surface area contributed by atoms with E-state index >= 15 is 0 Å². The molecule has 10 heteroatoms. The summed E-state index contributed by atoms with van der Waals surface area (Å²) >= 11 is 1.34. The molecule has 1 amide bonds. The van der Waals surface area contributed by atoms with Crippen molar-refractivity contribution in [1.29, 1.82) is 0 Å². The van der Waals surface area contributed by atoms with Crippen LogP contribution in [-0.2, 0) is 11.3 Å². The van der Waals surface area contributed by atoms with Gasteiger partial charge in [0, 0.05) is 36.0 Å². The molecule has 1 fully saturated rings. The number of rotatable bonds is 8. The first-order chi connectivity index (χ1) is 12.8. The zero-order chi connectivity index (χ0) is 17.8. The van der Waals surface area contributed by atoms with Crippen LogP contribution in [0, 0.1) is 0 Å². The fraction of sp³-hybridized carbons (Fsp3) is 0.375. The van der Waals surface area contributed by atoms with E-state index in [2.05, 4.69) is 30.6 Å². The van der Waals surface area contributed by atoms with Crippen LogP contribution in [0.4, 0.5) is 0 Å². The second kappa shape index (κ2) is 7.65. The Morgan fingerprint density at radius 1 is 1.27 bits per heavy atom. The van der Waals surface area contributed by atoms with Gasteiger partial charge in [-0.3, -0.25) is 9.78 Å². The van der Waals surface area contributed by atoms with Gasteiger partial charge >= 0.3 is 0 Å². The van der Waals surface area contributed by atoms with Crippen LogP contribution in [0.5, 0.6) is 0 Å². The third-order valence-electron chi connectivity index (χ3n) is 3.74. The van der Waals surface area contributed by atoms with E-state index in [9.17, 15) is 4.79 Å². The van der Waals surface area contributed by atoms with E-state index in [0.717, 1.165) is 18.4 Å². The molecule has 0 saturated heterocycles. The van der Waals surface area contributed by atoms with Crippen molar-refractivity contribution < 1.29 is 13.7 Å². The van der Waals surface area contributed by atoms with Crippen molar-refractivity contribution in [3.63, 3.8) is 0 Å². The quantitative estimate of drug-likeness (QED) is 0.593. The number of thioether (sulfide) groups is 1. The van der Waals surface area contributed by atoms with E-state index in [4.69, 9.17) is 8.94 Å². The molecule has 0 radical (unpaired) electrons. The highest BCUT2D eigenvalue weighted by Gasteiger charge is 2.29. The van der Waals surface area contributed by atoms with Crippen molar-refractivity contribution in [3.8, 4) is 11.5 Å². The number of nitrogens with zero attached hydrogens (tertiary/aromatic N) is 5. The Balaban J connectivity index is 1.19. The highest BCUT2D eigenvalue weighted by molar-refractivity contribution is 7.99. The normalized spacial score (nSPS) is 13.7. The van der Waals surface area contributed by atoms with Crippen molar-refractivity contribution in [1.82, 2.24) is 30.6 Å². The third kappa shape index (κ3) is 4.26. The molecule has 0 aliphatic heterocycles. The number of hydrogen-bond donors (Lipinski definition) is 1. The minimum atomic E-state index is -0.0934. The Morgan fingerprint density at radius 3 is 2.92 bits per heavy atom. The summed E-state index contributed by atoms with van der Waals surface area (Å²) in [6.45, 7) is 0.270. The highest BCUT2D eigenvalue weighted by Crippen LogP contribution is 2.38. The Labute approximate surface area is 153 Å². The number of carbonyl (C=O) groups excluding carboxylic acids is 1. The van der Waals surface area contributed by atoms with Crippen LogP contribution in [0.2, 0.25) is 0 Å². The van der Waals surface area contributed by atoms with Gasteiger partial charge in [-0.2, -0.15) is 4.98 Å². The summed E-state index contributed by atoms with van der Waals surface area (Å²) in [6, 6.07) is 3.59. The molecule has 1 aliphatic carbocycles. The SMILES string of the molecule is O=C(CCSc1nnc(-c2ccncc2)o1)NCc1noc(C2CC2)n1. The van der Waals surface area contributed by atoms with E-state index < -0.39 is 0 Å². The second-order valence-electron chi connectivity index (χ2n) is 5.81. The first-order valence-corrected chi connectivity index (χ1v) is 9.22. The molecule has 1 N–H and O–H groups in total. The van der Waals surface area contributed by atoms with Gasteiger partial charge in [0.25, 0.3) is 5.22 Å². The van der Waals surface area contributed by atoms with Gasteiger partial charge in [-0.25, -0.2) is 0 Å². The largest absolute Gasteiger partial charge is 0.411 e. The van der Waals surface area contributed by atoms with Crippen LogP contribution < -0.4 is 5.32 Å².